The molecule has 0 radical (unpaired) electrons. The van der Waals surface area contributed by atoms with Gasteiger partial charge in [0, 0.05) is 17.8 Å². The van der Waals surface area contributed by atoms with Crippen LogP contribution in [0.1, 0.15) is 26.2 Å². The fourth-order valence-electron chi connectivity index (χ4n) is 1.93. The van der Waals surface area contributed by atoms with E-state index in [4.69, 9.17) is 11.6 Å². The second-order valence-electron chi connectivity index (χ2n) is 4.38. The number of anilines is 2. The lowest BCUT2D eigenvalue weighted by Gasteiger charge is -2.40. The van der Waals surface area contributed by atoms with E-state index in [9.17, 15) is 0 Å². The number of nitrogens with zero attached hydrogens (tertiary/aromatic N) is 3. The van der Waals surface area contributed by atoms with E-state index in [-0.39, 0.29) is 5.28 Å². The molecule has 1 fully saturated rings. The van der Waals surface area contributed by atoms with Gasteiger partial charge in [0.2, 0.25) is 17.2 Å². The number of hydrogen-bond acceptors (Lipinski definition) is 6. The van der Waals surface area contributed by atoms with Crippen LogP contribution < -0.4 is 10.6 Å². The fraction of sp³-hybridized carbons (Fsp3) is 0.727. The van der Waals surface area contributed by atoms with Crippen LogP contribution >= 0.6 is 23.4 Å². The number of thioether (sulfide) groups is 1. The molecule has 1 saturated carbocycles. The van der Waals surface area contributed by atoms with Crippen molar-refractivity contribution in [3.05, 3.63) is 5.28 Å². The Balaban J connectivity index is 2.00. The predicted molar refractivity (Wildman–Crippen MR) is 77.6 cm³/mol. The van der Waals surface area contributed by atoms with Gasteiger partial charge in [-0.05, 0) is 37.6 Å². The van der Waals surface area contributed by atoms with Gasteiger partial charge in [0.1, 0.15) is 0 Å². The van der Waals surface area contributed by atoms with E-state index >= 15 is 0 Å². The lowest BCUT2D eigenvalue weighted by Crippen LogP contribution is -2.40. The van der Waals surface area contributed by atoms with Gasteiger partial charge in [0.15, 0.2) is 0 Å². The van der Waals surface area contributed by atoms with Crippen molar-refractivity contribution >= 4 is 35.3 Å². The minimum Gasteiger partial charge on any atom is -0.354 e. The Labute approximate surface area is 117 Å². The third-order valence-corrected chi connectivity index (χ3v) is 4.80. The predicted octanol–water partition coefficient (Wildman–Crippen LogP) is 2.65. The van der Waals surface area contributed by atoms with Crippen molar-refractivity contribution in [2.24, 2.45) is 0 Å². The smallest absolute Gasteiger partial charge is 0.228 e. The van der Waals surface area contributed by atoms with Crippen molar-refractivity contribution in [3.8, 4) is 0 Å². The van der Waals surface area contributed by atoms with Crippen LogP contribution in [0, 0.1) is 0 Å². The number of nitrogens with one attached hydrogen (secondary N) is 2. The Morgan fingerprint density at radius 2 is 1.89 bits per heavy atom. The second-order valence-corrected chi connectivity index (χ2v) is 5.99. The molecule has 18 heavy (non-hydrogen) atoms. The number of rotatable bonds is 6. The van der Waals surface area contributed by atoms with Crippen molar-refractivity contribution in [2.75, 3.05) is 30.0 Å². The van der Waals surface area contributed by atoms with Gasteiger partial charge >= 0.3 is 0 Å². The van der Waals surface area contributed by atoms with Crippen molar-refractivity contribution in [1.82, 2.24) is 15.0 Å². The monoisotopic (exact) mass is 287 g/mol. The molecule has 0 saturated heterocycles. The third-order valence-electron chi connectivity index (χ3n) is 3.21. The summed E-state index contributed by atoms with van der Waals surface area (Å²) >= 11 is 7.78. The van der Waals surface area contributed by atoms with Crippen LogP contribution in [0.5, 0.6) is 0 Å². The Bertz CT molecular complexity index is 405. The SMILES string of the molecule is CCNc1nc(Cl)nc(NCC2(SC)CCC2)n1. The molecule has 1 aromatic heterocycles. The molecular formula is C11H18ClN5S. The van der Waals surface area contributed by atoms with Gasteiger partial charge in [-0.15, -0.1) is 0 Å². The van der Waals surface area contributed by atoms with Crippen molar-refractivity contribution in [2.45, 2.75) is 30.9 Å². The lowest BCUT2D eigenvalue weighted by molar-refractivity contribution is 0.379. The van der Waals surface area contributed by atoms with E-state index in [1.54, 1.807) is 0 Å². The summed E-state index contributed by atoms with van der Waals surface area (Å²) in [5, 5.41) is 6.52. The van der Waals surface area contributed by atoms with E-state index in [0.717, 1.165) is 13.1 Å². The van der Waals surface area contributed by atoms with Gasteiger partial charge in [-0.25, -0.2) is 0 Å². The molecular weight excluding hydrogens is 270 g/mol. The van der Waals surface area contributed by atoms with E-state index in [1.165, 1.54) is 19.3 Å². The maximum atomic E-state index is 5.87. The highest BCUT2D eigenvalue weighted by molar-refractivity contribution is 8.00. The molecule has 0 bridgehead atoms. The Kier molecular flexibility index (Phi) is 4.50. The first-order chi connectivity index (χ1) is 8.67. The zero-order chi connectivity index (χ0) is 13.0. The number of halogens is 1. The largest absolute Gasteiger partial charge is 0.354 e. The Morgan fingerprint density at radius 3 is 2.39 bits per heavy atom. The van der Waals surface area contributed by atoms with Crippen LogP contribution in [-0.4, -0.2) is 39.0 Å². The van der Waals surface area contributed by atoms with E-state index in [2.05, 4.69) is 31.8 Å². The van der Waals surface area contributed by atoms with Gasteiger partial charge in [-0.3, -0.25) is 0 Å². The molecule has 1 aromatic rings. The van der Waals surface area contributed by atoms with Crippen molar-refractivity contribution < 1.29 is 0 Å². The molecule has 5 nitrogen and oxygen atoms in total. The zero-order valence-corrected chi connectivity index (χ0v) is 12.2. The molecule has 0 aromatic carbocycles. The highest BCUT2D eigenvalue weighted by Crippen LogP contribution is 2.42. The Hall–Kier alpha value is -0.750. The van der Waals surface area contributed by atoms with E-state index in [1.807, 2.05) is 18.7 Å². The van der Waals surface area contributed by atoms with Crippen molar-refractivity contribution in [1.29, 1.82) is 0 Å². The zero-order valence-electron chi connectivity index (χ0n) is 10.7. The van der Waals surface area contributed by atoms with Gasteiger partial charge < -0.3 is 10.6 Å². The Morgan fingerprint density at radius 1 is 1.22 bits per heavy atom. The maximum absolute atomic E-state index is 5.87. The van der Waals surface area contributed by atoms with Crippen LogP contribution in [0.4, 0.5) is 11.9 Å². The molecule has 0 amide bonds. The maximum Gasteiger partial charge on any atom is 0.228 e. The summed E-state index contributed by atoms with van der Waals surface area (Å²) in [6, 6.07) is 0. The number of aromatic nitrogens is 3. The van der Waals surface area contributed by atoms with Crippen LogP contribution in [-0.2, 0) is 0 Å². The number of hydrogen-bond donors (Lipinski definition) is 2. The molecule has 100 valence electrons. The average molecular weight is 288 g/mol. The molecule has 7 heteroatoms. The van der Waals surface area contributed by atoms with Gasteiger partial charge in [-0.1, -0.05) is 6.42 Å². The first kappa shape index (κ1) is 13.7. The summed E-state index contributed by atoms with van der Waals surface area (Å²) in [7, 11) is 0. The van der Waals surface area contributed by atoms with Crippen LogP contribution in [0.15, 0.2) is 0 Å². The van der Waals surface area contributed by atoms with Crippen molar-refractivity contribution in [3.63, 3.8) is 0 Å². The first-order valence-electron chi connectivity index (χ1n) is 6.12. The fourth-order valence-corrected chi connectivity index (χ4v) is 3.00. The van der Waals surface area contributed by atoms with Crippen LogP contribution in [0.3, 0.4) is 0 Å². The molecule has 2 rings (SSSR count). The molecule has 1 aliphatic rings. The van der Waals surface area contributed by atoms with Gasteiger partial charge in [-0.2, -0.15) is 26.7 Å². The summed E-state index contributed by atoms with van der Waals surface area (Å²) in [6.07, 6.45) is 5.97. The molecule has 0 unspecified atom stereocenters. The van der Waals surface area contributed by atoms with Crippen LogP contribution in [0.25, 0.3) is 0 Å². The molecule has 0 aliphatic heterocycles. The van der Waals surface area contributed by atoms with Crippen LogP contribution in [0.2, 0.25) is 5.28 Å². The van der Waals surface area contributed by atoms with E-state index < -0.39 is 0 Å². The summed E-state index contributed by atoms with van der Waals surface area (Å²) in [5.74, 6) is 1.07. The van der Waals surface area contributed by atoms with E-state index in [0.29, 0.717) is 16.6 Å². The third kappa shape index (κ3) is 3.17. The summed E-state index contributed by atoms with van der Waals surface area (Å²) in [5.41, 5.74) is 0. The highest BCUT2D eigenvalue weighted by atomic mass is 35.5. The quantitative estimate of drug-likeness (QED) is 0.839. The highest BCUT2D eigenvalue weighted by Gasteiger charge is 2.36. The summed E-state index contributed by atoms with van der Waals surface area (Å²) < 4.78 is 0.345. The van der Waals surface area contributed by atoms with Gasteiger partial charge in [0.25, 0.3) is 0 Å². The second kappa shape index (κ2) is 5.93. The summed E-state index contributed by atoms with van der Waals surface area (Å²) in [6.45, 7) is 3.62. The summed E-state index contributed by atoms with van der Waals surface area (Å²) in [4.78, 5) is 12.4. The first-order valence-corrected chi connectivity index (χ1v) is 7.72. The molecule has 2 N–H and O–H groups in total. The normalized spacial score (nSPS) is 17.1. The molecule has 0 spiro atoms. The molecule has 1 heterocycles. The average Bonchev–Trinajstić information content (AvgIpc) is 2.28. The molecule has 0 atom stereocenters. The minimum atomic E-state index is 0.218. The molecule has 1 aliphatic carbocycles. The van der Waals surface area contributed by atoms with Gasteiger partial charge in [0.05, 0.1) is 0 Å². The standard InChI is InChI=1S/C11H18ClN5S/c1-3-13-9-15-8(12)16-10(17-9)14-7-11(18-2)5-4-6-11/h3-7H2,1-2H3,(H2,13,14,15,16,17). The topological polar surface area (TPSA) is 62.7 Å². The lowest BCUT2D eigenvalue weighted by atomic mass is 9.84. The minimum absolute atomic E-state index is 0.218.